The summed E-state index contributed by atoms with van der Waals surface area (Å²) < 4.78 is 61.9. The van der Waals surface area contributed by atoms with E-state index in [4.69, 9.17) is 13.0 Å². The van der Waals surface area contributed by atoms with Gasteiger partial charge in [-0.2, -0.15) is 13.2 Å². The van der Waals surface area contributed by atoms with Crippen LogP contribution in [-0.2, 0) is 15.5 Å². The smallest absolute Gasteiger partial charge is 0.485 e. The Bertz CT molecular complexity index is 783. The highest BCUT2D eigenvalue weighted by Crippen LogP contribution is 2.21. The fraction of sp³-hybridized carbons (Fsp3) is 0.294. The highest BCUT2D eigenvalue weighted by molar-refractivity contribution is 7.86. The van der Waals surface area contributed by atoms with E-state index in [1.807, 2.05) is 0 Å². The molecule has 0 saturated carbocycles. The zero-order chi connectivity index (χ0) is 19.3. The van der Waals surface area contributed by atoms with Crippen molar-refractivity contribution in [2.45, 2.75) is 31.7 Å². The Morgan fingerprint density at radius 3 is 1.76 bits per heavy atom. The standard InChI is InChI=1S/C16H18I.CHF3O3S/c1-16(2,3)14-11-7-8-12-15(14)17-13-9-5-4-6-10-13;2-1(3,4)8(5,6)7/h4-12H,1-3H3;(H,5,6,7)/q+1;/p-1. The lowest BCUT2D eigenvalue weighted by molar-refractivity contribution is -0.598. The molecule has 0 fully saturated rings. The van der Waals surface area contributed by atoms with Crippen LogP contribution in [0.1, 0.15) is 26.3 Å². The van der Waals surface area contributed by atoms with Gasteiger partial charge in [0.25, 0.3) is 0 Å². The molecular weight excluding hydrogens is 468 g/mol. The predicted molar refractivity (Wildman–Crippen MR) is 84.7 cm³/mol. The van der Waals surface area contributed by atoms with Gasteiger partial charge in [-0.25, -0.2) is 8.42 Å². The van der Waals surface area contributed by atoms with Crippen molar-refractivity contribution in [3.8, 4) is 0 Å². The molecule has 0 aromatic heterocycles. The molecule has 0 aliphatic heterocycles. The summed E-state index contributed by atoms with van der Waals surface area (Å²) in [6.45, 7) is 6.88. The second-order valence-corrected chi connectivity index (χ2v) is 10.3. The van der Waals surface area contributed by atoms with Crippen LogP contribution in [0, 0.1) is 7.14 Å². The first kappa shape index (κ1) is 21.9. The van der Waals surface area contributed by atoms with Gasteiger partial charge in [-0.05, 0) is 23.6 Å². The third-order valence-corrected chi connectivity index (χ3v) is 6.34. The molecule has 0 saturated heterocycles. The van der Waals surface area contributed by atoms with Gasteiger partial charge >= 0.3 is 26.7 Å². The Morgan fingerprint density at radius 1 is 0.880 bits per heavy atom. The first-order valence-corrected chi connectivity index (χ1v) is 10.7. The van der Waals surface area contributed by atoms with E-state index in [1.165, 1.54) is 9.13 Å². The molecule has 138 valence electrons. The zero-order valence-electron chi connectivity index (χ0n) is 13.8. The minimum Gasteiger partial charge on any atom is -0.741 e. The molecule has 2 rings (SSSR count). The largest absolute Gasteiger partial charge is 0.741 e. The van der Waals surface area contributed by atoms with Crippen LogP contribution >= 0.6 is 0 Å². The summed E-state index contributed by atoms with van der Waals surface area (Å²) in [6.07, 6.45) is 0. The second kappa shape index (κ2) is 8.50. The molecule has 0 unspecified atom stereocenters. The van der Waals surface area contributed by atoms with E-state index in [-0.39, 0.29) is 26.6 Å². The molecule has 2 aromatic rings. The van der Waals surface area contributed by atoms with Crippen molar-refractivity contribution >= 4 is 10.1 Å². The number of benzene rings is 2. The van der Waals surface area contributed by atoms with Crippen LogP contribution in [0.5, 0.6) is 0 Å². The lowest BCUT2D eigenvalue weighted by Crippen LogP contribution is -3.61. The molecule has 0 atom stereocenters. The van der Waals surface area contributed by atoms with Gasteiger partial charge in [0.15, 0.2) is 17.3 Å². The summed E-state index contributed by atoms with van der Waals surface area (Å²) in [5.74, 6) is 0. The van der Waals surface area contributed by atoms with Crippen molar-refractivity contribution < 1.29 is 47.3 Å². The summed E-state index contributed by atoms with van der Waals surface area (Å²) in [7, 11) is -6.09. The Kier molecular flexibility index (Phi) is 7.45. The van der Waals surface area contributed by atoms with Crippen molar-refractivity contribution in [3.05, 3.63) is 67.3 Å². The van der Waals surface area contributed by atoms with Crippen LogP contribution in [0.15, 0.2) is 54.6 Å². The van der Waals surface area contributed by atoms with Crippen molar-refractivity contribution in [1.82, 2.24) is 0 Å². The molecule has 0 radical (unpaired) electrons. The van der Waals surface area contributed by atoms with E-state index in [0.29, 0.717) is 0 Å². The Labute approximate surface area is 156 Å². The van der Waals surface area contributed by atoms with Gasteiger partial charge in [-0.1, -0.05) is 57.2 Å². The van der Waals surface area contributed by atoms with Crippen molar-refractivity contribution in [3.63, 3.8) is 0 Å². The van der Waals surface area contributed by atoms with Gasteiger partial charge in [0, 0.05) is 5.56 Å². The highest BCUT2D eigenvalue weighted by atomic mass is 127. The van der Waals surface area contributed by atoms with Crippen molar-refractivity contribution in [2.24, 2.45) is 0 Å². The van der Waals surface area contributed by atoms with Gasteiger partial charge < -0.3 is 4.55 Å². The second-order valence-electron chi connectivity index (χ2n) is 6.02. The third-order valence-electron chi connectivity index (χ3n) is 2.91. The normalized spacial score (nSPS) is 12.3. The fourth-order valence-corrected chi connectivity index (χ4v) is 4.86. The SMILES string of the molecule is CC(C)(C)c1ccccc1[I+]c1ccccc1.O=S(=O)([O-])C(F)(F)F. The maximum Gasteiger partial charge on any atom is 0.485 e. The lowest BCUT2D eigenvalue weighted by Gasteiger charge is -2.18. The number of hydrogen-bond donors (Lipinski definition) is 0. The molecule has 0 aliphatic rings. The molecular formula is C17H18F3IO3S. The predicted octanol–water partition coefficient (Wildman–Crippen LogP) is 1.16. The number of rotatable bonds is 2. The summed E-state index contributed by atoms with van der Waals surface area (Å²) in [5.41, 5.74) is -3.91. The maximum absolute atomic E-state index is 10.7. The minimum atomic E-state index is -6.09. The molecule has 3 nitrogen and oxygen atoms in total. The molecule has 2 aromatic carbocycles. The monoisotopic (exact) mass is 486 g/mol. The maximum atomic E-state index is 10.7. The summed E-state index contributed by atoms with van der Waals surface area (Å²) in [4.78, 5) is 0. The van der Waals surface area contributed by atoms with E-state index >= 15 is 0 Å². The molecule has 0 spiro atoms. The van der Waals surface area contributed by atoms with E-state index in [9.17, 15) is 13.2 Å². The van der Waals surface area contributed by atoms with E-state index in [0.717, 1.165) is 0 Å². The minimum absolute atomic E-state index is 0.0589. The van der Waals surface area contributed by atoms with Crippen LogP contribution in [0.25, 0.3) is 0 Å². The van der Waals surface area contributed by atoms with Crippen LogP contribution in [-0.4, -0.2) is 18.5 Å². The first-order chi connectivity index (χ1) is 11.3. The van der Waals surface area contributed by atoms with Gasteiger partial charge in [-0.3, -0.25) is 0 Å². The average Bonchev–Trinajstić information content (AvgIpc) is 2.46. The van der Waals surface area contributed by atoms with Crippen LogP contribution < -0.4 is 21.2 Å². The Morgan fingerprint density at radius 2 is 1.32 bits per heavy atom. The number of hydrogen-bond acceptors (Lipinski definition) is 3. The Hall–Kier alpha value is -1.13. The molecule has 0 N–H and O–H groups in total. The first-order valence-electron chi connectivity index (χ1n) is 7.14. The van der Waals surface area contributed by atoms with Crippen LogP contribution in [0.2, 0.25) is 0 Å². The molecule has 0 amide bonds. The fourth-order valence-electron chi connectivity index (χ4n) is 1.75. The average molecular weight is 486 g/mol. The molecule has 0 aliphatic carbocycles. The Balaban J connectivity index is 0.000000333. The van der Waals surface area contributed by atoms with Crippen molar-refractivity contribution in [1.29, 1.82) is 0 Å². The van der Waals surface area contributed by atoms with Gasteiger partial charge in [0.05, 0.1) is 0 Å². The van der Waals surface area contributed by atoms with Gasteiger partial charge in [-0.15, -0.1) is 0 Å². The van der Waals surface area contributed by atoms with Gasteiger partial charge in [0.2, 0.25) is 0 Å². The summed E-state index contributed by atoms with van der Waals surface area (Å²) >= 11 is -0.0589. The lowest BCUT2D eigenvalue weighted by atomic mass is 9.87. The van der Waals surface area contributed by atoms with E-state index in [2.05, 4.69) is 75.4 Å². The number of alkyl halides is 3. The molecule has 0 heterocycles. The molecule has 25 heavy (non-hydrogen) atoms. The summed E-state index contributed by atoms with van der Waals surface area (Å²) in [6, 6.07) is 19.7. The molecule has 0 bridgehead atoms. The van der Waals surface area contributed by atoms with Crippen molar-refractivity contribution in [2.75, 3.05) is 0 Å². The highest BCUT2D eigenvalue weighted by Gasteiger charge is 2.36. The van der Waals surface area contributed by atoms with Crippen LogP contribution in [0.3, 0.4) is 0 Å². The molecule has 8 heteroatoms. The summed E-state index contributed by atoms with van der Waals surface area (Å²) in [5, 5.41) is 0. The topological polar surface area (TPSA) is 57.2 Å². The quantitative estimate of drug-likeness (QED) is 0.364. The van der Waals surface area contributed by atoms with Crippen LogP contribution in [0.4, 0.5) is 13.2 Å². The zero-order valence-corrected chi connectivity index (χ0v) is 16.8. The van der Waals surface area contributed by atoms with Gasteiger partial charge in [0.1, 0.15) is 0 Å². The van der Waals surface area contributed by atoms with E-state index < -0.39 is 15.6 Å². The third kappa shape index (κ3) is 7.33. The number of halogens is 4. The van der Waals surface area contributed by atoms with E-state index in [1.54, 1.807) is 3.57 Å².